The molecule has 8 heteroatoms. The maximum absolute atomic E-state index is 12.5. The van der Waals surface area contributed by atoms with Crippen molar-refractivity contribution >= 4 is 17.6 Å². The molecule has 0 spiro atoms. The first-order valence-corrected chi connectivity index (χ1v) is 9.36. The van der Waals surface area contributed by atoms with E-state index in [0.29, 0.717) is 32.6 Å². The summed E-state index contributed by atoms with van der Waals surface area (Å²) in [5.41, 5.74) is 1.97. The van der Waals surface area contributed by atoms with Crippen molar-refractivity contribution < 1.29 is 14.3 Å². The first-order valence-electron chi connectivity index (χ1n) is 9.36. The van der Waals surface area contributed by atoms with Gasteiger partial charge >= 0.3 is 0 Å². The molecule has 2 saturated heterocycles. The molecule has 1 N–H and O–H groups in total. The van der Waals surface area contributed by atoms with E-state index < -0.39 is 0 Å². The standard InChI is InChI=1S/C20H23N5O3/c1-28-17-4-2-3-14(8-17)7-16-9-21-10-18(23-16)25-11-15(12-25)20(27)24-6-5-22-19(26)13-24/h2-4,8-10,15H,5-7,11-13H2,1H3,(H,22,26). The molecule has 0 aliphatic carbocycles. The minimum absolute atomic E-state index is 0.0478. The Morgan fingerprint density at radius 1 is 1.32 bits per heavy atom. The third-order valence-electron chi connectivity index (χ3n) is 5.10. The van der Waals surface area contributed by atoms with Crippen LogP contribution in [0, 0.1) is 5.92 Å². The van der Waals surface area contributed by atoms with Gasteiger partial charge in [0.25, 0.3) is 0 Å². The molecule has 2 aliphatic rings. The molecule has 2 aromatic rings. The molecule has 1 aromatic carbocycles. The van der Waals surface area contributed by atoms with Gasteiger partial charge in [0, 0.05) is 38.8 Å². The monoisotopic (exact) mass is 381 g/mol. The largest absolute Gasteiger partial charge is 0.497 e. The number of methoxy groups -OCH3 is 1. The highest BCUT2D eigenvalue weighted by molar-refractivity contribution is 5.88. The van der Waals surface area contributed by atoms with Crippen LogP contribution in [-0.2, 0) is 16.0 Å². The Labute approximate surface area is 163 Å². The molecule has 146 valence electrons. The van der Waals surface area contributed by atoms with Crippen LogP contribution in [0.15, 0.2) is 36.7 Å². The van der Waals surface area contributed by atoms with Crippen molar-refractivity contribution in [1.82, 2.24) is 20.2 Å². The number of hydrogen-bond acceptors (Lipinski definition) is 6. The molecule has 0 atom stereocenters. The van der Waals surface area contributed by atoms with Gasteiger partial charge in [-0.25, -0.2) is 4.98 Å². The number of ether oxygens (including phenoxy) is 1. The number of nitrogens with zero attached hydrogens (tertiary/aromatic N) is 4. The van der Waals surface area contributed by atoms with E-state index in [9.17, 15) is 9.59 Å². The van der Waals surface area contributed by atoms with Crippen molar-refractivity contribution in [2.45, 2.75) is 6.42 Å². The fourth-order valence-electron chi connectivity index (χ4n) is 3.53. The summed E-state index contributed by atoms with van der Waals surface area (Å²) in [5.74, 6) is 1.46. The fraction of sp³-hybridized carbons (Fsp3) is 0.400. The van der Waals surface area contributed by atoms with E-state index in [1.165, 1.54) is 0 Å². The molecule has 1 aromatic heterocycles. The molecule has 0 radical (unpaired) electrons. The molecular formula is C20H23N5O3. The van der Waals surface area contributed by atoms with Crippen LogP contribution in [0.5, 0.6) is 5.75 Å². The number of rotatable bonds is 5. The van der Waals surface area contributed by atoms with Crippen molar-refractivity contribution in [3.63, 3.8) is 0 Å². The van der Waals surface area contributed by atoms with Crippen LogP contribution in [0.4, 0.5) is 5.82 Å². The smallest absolute Gasteiger partial charge is 0.239 e. The second kappa shape index (κ2) is 7.84. The Hall–Kier alpha value is -3.16. The number of amides is 2. The topological polar surface area (TPSA) is 87.7 Å². The number of carbonyl (C=O) groups excluding carboxylic acids is 2. The highest BCUT2D eigenvalue weighted by Crippen LogP contribution is 2.25. The van der Waals surface area contributed by atoms with Crippen molar-refractivity contribution in [3.8, 4) is 5.75 Å². The van der Waals surface area contributed by atoms with Crippen molar-refractivity contribution in [2.75, 3.05) is 44.7 Å². The van der Waals surface area contributed by atoms with Gasteiger partial charge in [0.2, 0.25) is 11.8 Å². The first kappa shape index (κ1) is 18.2. The molecule has 8 nitrogen and oxygen atoms in total. The first-order chi connectivity index (χ1) is 13.6. The van der Waals surface area contributed by atoms with Gasteiger partial charge in [0.15, 0.2) is 0 Å². The third kappa shape index (κ3) is 3.90. The predicted molar refractivity (Wildman–Crippen MR) is 103 cm³/mol. The lowest BCUT2D eigenvalue weighted by Gasteiger charge is -2.41. The molecule has 2 fully saturated rings. The number of anilines is 1. The summed E-state index contributed by atoms with van der Waals surface area (Å²) in [7, 11) is 1.65. The van der Waals surface area contributed by atoms with E-state index >= 15 is 0 Å². The van der Waals surface area contributed by atoms with Gasteiger partial charge < -0.3 is 19.9 Å². The zero-order chi connectivity index (χ0) is 19.5. The van der Waals surface area contributed by atoms with E-state index in [1.54, 1.807) is 24.4 Å². The number of piperazine rings is 1. The average Bonchev–Trinajstić information content (AvgIpc) is 2.67. The van der Waals surface area contributed by atoms with E-state index in [1.807, 2.05) is 24.3 Å². The quantitative estimate of drug-likeness (QED) is 0.810. The van der Waals surface area contributed by atoms with Crippen LogP contribution < -0.4 is 15.0 Å². The number of carbonyl (C=O) groups is 2. The number of hydrogen-bond donors (Lipinski definition) is 1. The molecular weight excluding hydrogens is 358 g/mol. The highest BCUT2D eigenvalue weighted by atomic mass is 16.5. The molecule has 3 heterocycles. The zero-order valence-electron chi connectivity index (χ0n) is 15.8. The molecule has 0 unspecified atom stereocenters. The summed E-state index contributed by atoms with van der Waals surface area (Å²) in [5, 5.41) is 2.74. The van der Waals surface area contributed by atoms with Crippen LogP contribution >= 0.6 is 0 Å². The molecule has 0 bridgehead atoms. The lowest BCUT2D eigenvalue weighted by molar-refractivity contribution is -0.142. The van der Waals surface area contributed by atoms with Crippen LogP contribution in [0.3, 0.4) is 0 Å². The lowest BCUT2D eigenvalue weighted by Crippen LogP contribution is -2.58. The number of nitrogens with one attached hydrogen (secondary N) is 1. The number of benzene rings is 1. The zero-order valence-corrected chi connectivity index (χ0v) is 15.8. The minimum Gasteiger partial charge on any atom is -0.497 e. The summed E-state index contributed by atoms with van der Waals surface area (Å²) in [6, 6.07) is 7.89. The summed E-state index contributed by atoms with van der Waals surface area (Å²) in [6.07, 6.45) is 4.15. The molecule has 28 heavy (non-hydrogen) atoms. The summed E-state index contributed by atoms with van der Waals surface area (Å²) >= 11 is 0. The van der Waals surface area contributed by atoms with Gasteiger partial charge in [-0.15, -0.1) is 0 Å². The lowest BCUT2D eigenvalue weighted by atomic mass is 9.98. The van der Waals surface area contributed by atoms with E-state index in [-0.39, 0.29) is 24.3 Å². The van der Waals surface area contributed by atoms with Crippen LogP contribution in [0.25, 0.3) is 0 Å². The van der Waals surface area contributed by atoms with Gasteiger partial charge in [-0.2, -0.15) is 0 Å². The van der Waals surface area contributed by atoms with Gasteiger partial charge in [-0.05, 0) is 17.7 Å². The van der Waals surface area contributed by atoms with Gasteiger partial charge in [-0.3, -0.25) is 14.6 Å². The third-order valence-corrected chi connectivity index (χ3v) is 5.10. The maximum Gasteiger partial charge on any atom is 0.239 e. The van der Waals surface area contributed by atoms with Gasteiger partial charge in [-0.1, -0.05) is 12.1 Å². The molecule has 4 rings (SSSR count). The van der Waals surface area contributed by atoms with Crippen molar-refractivity contribution in [1.29, 1.82) is 0 Å². The Morgan fingerprint density at radius 3 is 2.96 bits per heavy atom. The Kier molecular flexibility index (Phi) is 5.10. The normalized spacial score (nSPS) is 17.1. The Morgan fingerprint density at radius 2 is 2.18 bits per heavy atom. The fourth-order valence-corrected chi connectivity index (χ4v) is 3.53. The maximum atomic E-state index is 12.5. The van der Waals surface area contributed by atoms with E-state index in [2.05, 4.69) is 15.2 Å². The van der Waals surface area contributed by atoms with Crippen molar-refractivity contribution in [2.24, 2.45) is 5.92 Å². The predicted octanol–water partition coefficient (Wildman–Crippen LogP) is 0.471. The second-order valence-corrected chi connectivity index (χ2v) is 7.11. The van der Waals surface area contributed by atoms with Crippen molar-refractivity contribution in [3.05, 3.63) is 47.9 Å². The van der Waals surface area contributed by atoms with E-state index in [4.69, 9.17) is 9.72 Å². The summed E-state index contributed by atoms with van der Waals surface area (Å²) < 4.78 is 5.27. The van der Waals surface area contributed by atoms with Crippen LogP contribution in [0.2, 0.25) is 0 Å². The number of aromatic nitrogens is 2. The van der Waals surface area contributed by atoms with Crippen LogP contribution in [-0.4, -0.2) is 66.5 Å². The average molecular weight is 381 g/mol. The summed E-state index contributed by atoms with van der Waals surface area (Å²) in [4.78, 5) is 36.7. The second-order valence-electron chi connectivity index (χ2n) is 7.11. The SMILES string of the molecule is COc1cccc(Cc2cncc(N3CC(C(=O)N4CCNC(=O)C4)C3)n2)c1. The van der Waals surface area contributed by atoms with Gasteiger partial charge in [0.05, 0.1) is 31.5 Å². The summed E-state index contributed by atoms with van der Waals surface area (Å²) in [6.45, 7) is 2.48. The van der Waals surface area contributed by atoms with Crippen LogP contribution in [0.1, 0.15) is 11.3 Å². The molecule has 2 aliphatic heterocycles. The van der Waals surface area contributed by atoms with E-state index in [0.717, 1.165) is 22.8 Å². The Balaban J connectivity index is 1.36. The highest BCUT2D eigenvalue weighted by Gasteiger charge is 2.37. The molecule has 2 amide bonds. The minimum atomic E-state index is -0.0908. The molecule has 0 saturated carbocycles. The Bertz CT molecular complexity index is 882. The van der Waals surface area contributed by atoms with Gasteiger partial charge in [0.1, 0.15) is 11.6 Å².